The molecule has 3 heteroatoms. The molecule has 6 heavy (non-hydrogen) atoms. The molecule has 1 unspecified atom stereocenters. The maximum Gasteiger partial charge on any atom is 0.174 e. The lowest BCUT2D eigenvalue weighted by Gasteiger charge is -1.99. The first-order chi connectivity index (χ1) is 2.77. The Morgan fingerprint density at radius 2 is 2.50 bits per heavy atom. The molecule has 1 N–H and O–H groups in total. The standard InChI is InChI=1S/C3H9BO2/c1-2-6-3(4)5/h3,5H,2,4H2,1H3. The topological polar surface area (TPSA) is 29.5 Å². The van der Waals surface area contributed by atoms with E-state index in [0.29, 0.717) is 6.61 Å². The minimum absolute atomic E-state index is 0.581. The van der Waals surface area contributed by atoms with Gasteiger partial charge in [0.15, 0.2) is 7.85 Å². The average Bonchev–Trinajstić information content (AvgIpc) is 1.35. The zero-order valence-electron chi connectivity index (χ0n) is 4.14. The molecule has 0 saturated heterocycles. The Labute approximate surface area is 38.5 Å². The van der Waals surface area contributed by atoms with Crippen molar-refractivity contribution in [2.75, 3.05) is 6.61 Å². The summed E-state index contributed by atoms with van der Waals surface area (Å²) < 4.78 is 4.60. The summed E-state index contributed by atoms with van der Waals surface area (Å²) >= 11 is 0. The van der Waals surface area contributed by atoms with Gasteiger partial charge in [-0.3, -0.25) is 0 Å². The Kier molecular flexibility index (Phi) is 3.18. The number of hydrogen-bond donors (Lipinski definition) is 1. The van der Waals surface area contributed by atoms with Gasteiger partial charge >= 0.3 is 0 Å². The third-order valence-corrected chi connectivity index (χ3v) is 0.408. The van der Waals surface area contributed by atoms with E-state index in [9.17, 15) is 0 Å². The molecule has 0 saturated carbocycles. The molecule has 0 rings (SSSR count). The van der Waals surface area contributed by atoms with Gasteiger partial charge in [0.05, 0.1) is 0 Å². The summed E-state index contributed by atoms with van der Waals surface area (Å²) in [7, 11) is 1.59. The molecule has 0 fully saturated rings. The average molecular weight is 87.9 g/mol. The molecule has 0 aromatic heterocycles. The Bertz CT molecular complexity index is 30.0. The van der Waals surface area contributed by atoms with Crippen LogP contribution >= 0.6 is 0 Å². The van der Waals surface area contributed by atoms with E-state index in [1.165, 1.54) is 0 Å². The summed E-state index contributed by atoms with van der Waals surface area (Å²) in [6.07, 6.45) is -0.602. The Hall–Kier alpha value is -0.0151. The van der Waals surface area contributed by atoms with Gasteiger partial charge in [-0.1, -0.05) is 0 Å². The van der Waals surface area contributed by atoms with Crippen molar-refractivity contribution in [1.29, 1.82) is 0 Å². The maximum absolute atomic E-state index is 8.33. The molecule has 2 nitrogen and oxygen atoms in total. The molecule has 0 aliphatic rings. The number of ether oxygens (including phenoxy) is 1. The second-order valence-electron chi connectivity index (χ2n) is 1.05. The monoisotopic (exact) mass is 88.1 g/mol. The molecule has 36 valence electrons. The number of aliphatic hydroxyl groups excluding tert-OH is 1. The molecule has 0 bridgehead atoms. The summed E-state index contributed by atoms with van der Waals surface area (Å²) in [6.45, 7) is 2.42. The highest BCUT2D eigenvalue weighted by atomic mass is 16.6. The molecular formula is C3H9BO2. The number of hydrogen-bond acceptors (Lipinski definition) is 2. The fourth-order valence-corrected chi connectivity index (χ4v) is 0.241. The van der Waals surface area contributed by atoms with Gasteiger partial charge < -0.3 is 9.84 Å². The minimum Gasteiger partial charge on any atom is -0.377 e. The van der Waals surface area contributed by atoms with E-state index < -0.39 is 6.19 Å². The van der Waals surface area contributed by atoms with Crippen LogP contribution in [0.5, 0.6) is 0 Å². The van der Waals surface area contributed by atoms with Gasteiger partial charge in [-0.05, 0) is 6.92 Å². The van der Waals surface area contributed by atoms with Crippen LogP contribution in [0.2, 0.25) is 0 Å². The van der Waals surface area contributed by atoms with Crippen molar-refractivity contribution in [3.63, 3.8) is 0 Å². The van der Waals surface area contributed by atoms with E-state index in [1.54, 1.807) is 7.85 Å². The van der Waals surface area contributed by atoms with Crippen LogP contribution in [0.1, 0.15) is 6.92 Å². The largest absolute Gasteiger partial charge is 0.377 e. The van der Waals surface area contributed by atoms with Crippen molar-refractivity contribution >= 4 is 7.85 Å². The van der Waals surface area contributed by atoms with Gasteiger partial charge in [0, 0.05) is 6.61 Å². The molecular weight excluding hydrogens is 78.8 g/mol. The number of rotatable bonds is 2. The Balaban J connectivity index is 2.63. The molecule has 0 aliphatic carbocycles. The normalized spacial score (nSPS) is 14.3. The lowest BCUT2D eigenvalue weighted by Crippen LogP contribution is -2.09. The van der Waals surface area contributed by atoms with Crippen molar-refractivity contribution < 1.29 is 9.84 Å². The van der Waals surface area contributed by atoms with Gasteiger partial charge in [-0.2, -0.15) is 0 Å². The Morgan fingerprint density at radius 3 is 2.50 bits per heavy atom. The second kappa shape index (κ2) is 3.19. The second-order valence-corrected chi connectivity index (χ2v) is 1.05. The van der Waals surface area contributed by atoms with E-state index in [4.69, 9.17) is 5.11 Å². The summed E-state index contributed by atoms with van der Waals surface area (Å²) in [5.41, 5.74) is 0. The molecule has 0 aliphatic heterocycles. The van der Waals surface area contributed by atoms with Crippen molar-refractivity contribution in [3.05, 3.63) is 0 Å². The Morgan fingerprint density at radius 1 is 2.00 bits per heavy atom. The van der Waals surface area contributed by atoms with Crippen LogP contribution in [-0.4, -0.2) is 25.7 Å². The summed E-state index contributed by atoms with van der Waals surface area (Å²) in [6, 6.07) is 0. The van der Waals surface area contributed by atoms with Crippen LogP contribution in [0.3, 0.4) is 0 Å². The van der Waals surface area contributed by atoms with Crippen molar-refractivity contribution in [2.24, 2.45) is 0 Å². The van der Waals surface area contributed by atoms with E-state index in [2.05, 4.69) is 4.74 Å². The molecule has 0 spiro atoms. The van der Waals surface area contributed by atoms with Gasteiger partial charge in [0.2, 0.25) is 0 Å². The summed E-state index contributed by atoms with van der Waals surface area (Å²) in [5.74, 6) is 0. The smallest absolute Gasteiger partial charge is 0.174 e. The first-order valence-corrected chi connectivity index (χ1v) is 2.07. The van der Waals surface area contributed by atoms with Crippen LogP contribution in [0.15, 0.2) is 0 Å². The van der Waals surface area contributed by atoms with E-state index in [1.807, 2.05) is 6.92 Å². The van der Waals surface area contributed by atoms with Gasteiger partial charge in [0.1, 0.15) is 6.19 Å². The molecule has 0 aromatic carbocycles. The first kappa shape index (κ1) is 5.98. The van der Waals surface area contributed by atoms with E-state index in [0.717, 1.165) is 0 Å². The molecule has 0 aromatic rings. The van der Waals surface area contributed by atoms with Crippen LogP contribution in [0.4, 0.5) is 0 Å². The summed E-state index contributed by atoms with van der Waals surface area (Å²) in [5, 5.41) is 8.33. The van der Waals surface area contributed by atoms with E-state index >= 15 is 0 Å². The molecule has 0 amide bonds. The molecule has 0 radical (unpaired) electrons. The summed E-state index contributed by atoms with van der Waals surface area (Å²) in [4.78, 5) is 0. The zero-order chi connectivity index (χ0) is 4.99. The van der Waals surface area contributed by atoms with Gasteiger partial charge in [-0.15, -0.1) is 0 Å². The number of aliphatic hydroxyl groups is 1. The van der Waals surface area contributed by atoms with Crippen molar-refractivity contribution in [1.82, 2.24) is 0 Å². The quantitative estimate of drug-likeness (QED) is 0.344. The van der Waals surface area contributed by atoms with Gasteiger partial charge in [0.25, 0.3) is 0 Å². The predicted octanol–water partition coefficient (Wildman–Crippen LogP) is -1.07. The SMILES string of the molecule is BC(O)OCC. The lowest BCUT2D eigenvalue weighted by atomic mass is 10.1. The zero-order valence-corrected chi connectivity index (χ0v) is 4.14. The maximum atomic E-state index is 8.33. The van der Waals surface area contributed by atoms with Crippen LogP contribution < -0.4 is 0 Å². The predicted molar refractivity (Wildman–Crippen MR) is 26.2 cm³/mol. The molecule has 1 atom stereocenters. The van der Waals surface area contributed by atoms with Crippen molar-refractivity contribution in [3.8, 4) is 0 Å². The van der Waals surface area contributed by atoms with Crippen LogP contribution in [-0.2, 0) is 4.74 Å². The molecule has 0 heterocycles. The lowest BCUT2D eigenvalue weighted by molar-refractivity contribution is -0.0330. The fourth-order valence-electron chi connectivity index (χ4n) is 0.241. The van der Waals surface area contributed by atoms with E-state index in [-0.39, 0.29) is 0 Å². The fraction of sp³-hybridized carbons (Fsp3) is 1.00. The van der Waals surface area contributed by atoms with Gasteiger partial charge in [-0.25, -0.2) is 0 Å². The third-order valence-electron chi connectivity index (χ3n) is 0.408. The van der Waals surface area contributed by atoms with Crippen molar-refractivity contribution in [2.45, 2.75) is 13.1 Å². The minimum atomic E-state index is -0.602. The van der Waals surface area contributed by atoms with Crippen LogP contribution in [0, 0.1) is 0 Å². The highest BCUT2D eigenvalue weighted by molar-refractivity contribution is 6.09. The highest BCUT2D eigenvalue weighted by Gasteiger charge is 1.86. The third kappa shape index (κ3) is 3.98. The first-order valence-electron chi connectivity index (χ1n) is 2.07. The highest BCUT2D eigenvalue weighted by Crippen LogP contribution is 1.73. The van der Waals surface area contributed by atoms with Crippen LogP contribution in [0.25, 0.3) is 0 Å².